The van der Waals surface area contributed by atoms with Gasteiger partial charge in [-0.15, -0.1) is 0 Å². The largest absolute Gasteiger partial charge is 0.493 e. The van der Waals surface area contributed by atoms with Gasteiger partial charge in [-0.05, 0) is 65.7 Å². The van der Waals surface area contributed by atoms with Crippen LogP contribution in [0.2, 0.25) is 0 Å². The summed E-state index contributed by atoms with van der Waals surface area (Å²) >= 11 is 1.33. The monoisotopic (exact) mass is 535 g/mol. The molecule has 4 rings (SSSR count). The van der Waals surface area contributed by atoms with Crippen molar-refractivity contribution in [1.82, 2.24) is 5.01 Å². The molecule has 0 radical (unpaired) electrons. The number of hydrazone groups is 1. The predicted octanol–water partition coefficient (Wildman–Crippen LogP) is 4.78. The molecule has 0 fully saturated rings. The first-order valence-corrected chi connectivity index (χ1v) is 12.9. The van der Waals surface area contributed by atoms with Crippen LogP contribution in [0.15, 0.2) is 58.1 Å². The van der Waals surface area contributed by atoms with Crippen molar-refractivity contribution in [3.05, 3.63) is 53.6 Å². The SMILES string of the molecule is COc1cc(/C=C2/C(=N)N3N=C(CC(C)C)SC3=NC2=O)ccc1OCCOc1ccc(NC(C)=O)cc1. The molecule has 2 aromatic carbocycles. The molecule has 0 bridgehead atoms. The number of methoxy groups -OCH3 is 1. The van der Waals surface area contributed by atoms with E-state index in [1.807, 2.05) is 0 Å². The molecule has 0 saturated heterocycles. The second kappa shape index (κ2) is 12.0. The quantitative estimate of drug-likeness (QED) is 0.331. The van der Waals surface area contributed by atoms with Gasteiger partial charge in [0, 0.05) is 19.0 Å². The number of carbonyl (C=O) groups is 2. The lowest BCUT2D eigenvalue weighted by Gasteiger charge is -2.20. The second-order valence-corrected chi connectivity index (χ2v) is 9.97. The first-order valence-electron chi connectivity index (χ1n) is 12.0. The maximum absolute atomic E-state index is 12.7. The third-order valence-corrected chi connectivity index (χ3v) is 6.29. The van der Waals surface area contributed by atoms with Crippen LogP contribution in [0.3, 0.4) is 0 Å². The highest BCUT2D eigenvalue weighted by Crippen LogP contribution is 2.32. The zero-order valence-corrected chi connectivity index (χ0v) is 22.4. The van der Waals surface area contributed by atoms with Gasteiger partial charge in [0.1, 0.15) is 24.0 Å². The number of carbonyl (C=O) groups excluding carboxylic acids is 2. The molecular weight excluding hydrogens is 506 g/mol. The highest BCUT2D eigenvalue weighted by molar-refractivity contribution is 8.26. The Labute approximate surface area is 225 Å². The number of anilines is 1. The van der Waals surface area contributed by atoms with Crippen LogP contribution in [0.4, 0.5) is 5.69 Å². The van der Waals surface area contributed by atoms with E-state index in [0.717, 1.165) is 11.5 Å². The molecular formula is C27H29N5O5S. The molecule has 2 aliphatic rings. The molecule has 0 unspecified atom stereocenters. The summed E-state index contributed by atoms with van der Waals surface area (Å²) < 4.78 is 17.0. The average Bonchev–Trinajstić information content (AvgIpc) is 3.27. The zero-order chi connectivity index (χ0) is 27.2. The molecule has 11 heteroatoms. The van der Waals surface area contributed by atoms with Crippen LogP contribution >= 0.6 is 11.8 Å². The van der Waals surface area contributed by atoms with E-state index in [4.69, 9.17) is 19.6 Å². The minimum absolute atomic E-state index is 0.00666. The molecule has 198 valence electrons. The van der Waals surface area contributed by atoms with Crippen LogP contribution < -0.4 is 19.5 Å². The van der Waals surface area contributed by atoms with Crippen molar-refractivity contribution in [3.63, 3.8) is 0 Å². The molecule has 2 amide bonds. The van der Waals surface area contributed by atoms with Gasteiger partial charge >= 0.3 is 0 Å². The van der Waals surface area contributed by atoms with Crippen LogP contribution in [-0.4, -0.2) is 53.2 Å². The zero-order valence-electron chi connectivity index (χ0n) is 21.6. The van der Waals surface area contributed by atoms with E-state index in [1.165, 1.54) is 30.8 Å². The molecule has 2 N–H and O–H groups in total. The van der Waals surface area contributed by atoms with Gasteiger partial charge in [-0.3, -0.25) is 15.0 Å². The van der Waals surface area contributed by atoms with Crippen LogP contribution in [0.5, 0.6) is 17.2 Å². The van der Waals surface area contributed by atoms with Gasteiger partial charge in [0.15, 0.2) is 17.3 Å². The summed E-state index contributed by atoms with van der Waals surface area (Å²) in [5.41, 5.74) is 1.51. The maximum atomic E-state index is 12.7. The van der Waals surface area contributed by atoms with Gasteiger partial charge in [-0.1, -0.05) is 19.9 Å². The lowest BCUT2D eigenvalue weighted by Crippen LogP contribution is -2.35. The van der Waals surface area contributed by atoms with Crippen molar-refractivity contribution in [2.45, 2.75) is 27.2 Å². The van der Waals surface area contributed by atoms with E-state index in [2.05, 4.69) is 29.3 Å². The Balaban J connectivity index is 1.38. The van der Waals surface area contributed by atoms with Gasteiger partial charge < -0.3 is 19.5 Å². The number of aliphatic imine (C=N–C) groups is 1. The van der Waals surface area contributed by atoms with Gasteiger partial charge in [-0.2, -0.15) is 15.1 Å². The molecule has 38 heavy (non-hydrogen) atoms. The minimum Gasteiger partial charge on any atom is -0.493 e. The van der Waals surface area contributed by atoms with Crippen molar-refractivity contribution in [2.75, 3.05) is 25.6 Å². The smallest absolute Gasteiger partial charge is 0.283 e. The fourth-order valence-corrected chi connectivity index (χ4v) is 4.77. The van der Waals surface area contributed by atoms with Crippen LogP contribution in [-0.2, 0) is 9.59 Å². The lowest BCUT2D eigenvalue weighted by atomic mass is 10.1. The number of hydrogen-bond acceptors (Lipinski definition) is 8. The Bertz CT molecular complexity index is 1330. The molecule has 2 aliphatic heterocycles. The van der Waals surface area contributed by atoms with Crippen molar-refractivity contribution >= 4 is 51.4 Å². The first-order chi connectivity index (χ1) is 18.2. The number of benzene rings is 2. The normalized spacial score (nSPS) is 15.8. The van der Waals surface area contributed by atoms with Gasteiger partial charge in [0.2, 0.25) is 11.1 Å². The molecule has 2 heterocycles. The Morgan fingerprint density at radius 3 is 2.55 bits per heavy atom. The van der Waals surface area contributed by atoms with Crippen LogP contribution in [0.25, 0.3) is 6.08 Å². The third-order valence-electron chi connectivity index (χ3n) is 5.36. The number of nitrogens with one attached hydrogen (secondary N) is 2. The van der Waals surface area contributed by atoms with Gasteiger partial charge in [0.25, 0.3) is 5.91 Å². The number of nitrogens with zero attached hydrogens (tertiary/aromatic N) is 3. The third kappa shape index (κ3) is 6.60. The summed E-state index contributed by atoms with van der Waals surface area (Å²) in [6, 6.07) is 12.3. The summed E-state index contributed by atoms with van der Waals surface area (Å²) in [5.74, 6) is 1.44. The highest BCUT2D eigenvalue weighted by atomic mass is 32.2. The number of thioether (sulfide) groups is 1. The Kier molecular flexibility index (Phi) is 8.47. The second-order valence-electron chi connectivity index (χ2n) is 8.92. The highest BCUT2D eigenvalue weighted by Gasteiger charge is 2.35. The number of rotatable bonds is 10. The lowest BCUT2D eigenvalue weighted by molar-refractivity contribution is -0.115. The molecule has 0 saturated carbocycles. The Hall–Kier alpha value is -4.12. The Morgan fingerprint density at radius 1 is 1.13 bits per heavy atom. The van der Waals surface area contributed by atoms with Crippen LogP contribution in [0, 0.1) is 11.3 Å². The number of hydrogen-bond donors (Lipinski definition) is 2. The van der Waals surface area contributed by atoms with E-state index in [0.29, 0.717) is 46.2 Å². The van der Waals surface area contributed by atoms with E-state index in [1.54, 1.807) is 48.5 Å². The summed E-state index contributed by atoms with van der Waals surface area (Å²) in [7, 11) is 1.53. The summed E-state index contributed by atoms with van der Waals surface area (Å²) in [6.45, 7) is 6.20. The number of amides is 2. The van der Waals surface area contributed by atoms with Crippen molar-refractivity contribution in [2.24, 2.45) is 16.0 Å². The summed E-state index contributed by atoms with van der Waals surface area (Å²) in [5, 5.41) is 18.4. The summed E-state index contributed by atoms with van der Waals surface area (Å²) in [6.07, 6.45) is 2.36. The molecule has 0 atom stereocenters. The number of amidine groups is 2. The van der Waals surface area contributed by atoms with E-state index in [-0.39, 0.29) is 23.9 Å². The van der Waals surface area contributed by atoms with Gasteiger partial charge in [0.05, 0.1) is 12.7 Å². The van der Waals surface area contributed by atoms with E-state index in [9.17, 15) is 9.59 Å². The molecule has 2 aromatic rings. The van der Waals surface area contributed by atoms with Crippen LogP contribution in [0.1, 0.15) is 32.8 Å². The number of ether oxygens (including phenoxy) is 3. The average molecular weight is 536 g/mol. The predicted molar refractivity (Wildman–Crippen MR) is 149 cm³/mol. The fraction of sp³-hybridized carbons (Fsp3) is 0.296. The first kappa shape index (κ1) is 26.9. The molecule has 0 aromatic heterocycles. The Morgan fingerprint density at radius 2 is 1.87 bits per heavy atom. The van der Waals surface area contributed by atoms with E-state index < -0.39 is 5.91 Å². The maximum Gasteiger partial charge on any atom is 0.283 e. The standard InChI is InChI=1S/C27H29N5O5S/c1-16(2)13-24-31-32-25(28)21(26(34)30-27(32)38-24)14-18-5-10-22(23(15-18)35-4)37-12-11-36-20-8-6-19(7-9-20)29-17(3)33/h5-10,14-16,28H,11-13H2,1-4H3,(H,29,33)/b21-14-,28-25?. The van der Waals surface area contributed by atoms with Crippen molar-refractivity contribution in [3.8, 4) is 17.2 Å². The fourth-order valence-electron chi connectivity index (χ4n) is 3.67. The van der Waals surface area contributed by atoms with Crippen molar-refractivity contribution < 1.29 is 23.8 Å². The minimum atomic E-state index is -0.476. The topological polar surface area (TPSA) is 126 Å². The van der Waals surface area contributed by atoms with Crippen molar-refractivity contribution in [1.29, 1.82) is 5.41 Å². The molecule has 0 aliphatic carbocycles. The molecule has 10 nitrogen and oxygen atoms in total. The summed E-state index contributed by atoms with van der Waals surface area (Å²) in [4.78, 5) is 27.9. The number of fused-ring (bicyclic) bond motifs is 1. The molecule has 0 spiro atoms. The van der Waals surface area contributed by atoms with E-state index >= 15 is 0 Å². The van der Waals surface area contributed by atoms with Gasteiger partial charge in [-0.25, -0.2) is 0 Å².